The van der Waals surface area contributed by atoms with E-state index in [1.165, 1.54) is 0 Å². The molecule has 212 valence electrons. The van der Waals surface area contributed by atoms with Gasteiger partial charge in [-0.25, -0.2) is 14.6 Å². The van der Waals surface area contributed by atoms with E-state index in [0.29, 0.717) is 31.0 Å². The molecule has 0 radical (unpaired) electrons. The van der Waals surface area contributed by atoms with Gasteiger partial charge in [0.05, 0.1) is 30.7 Å². The molecule has 3 aromatic heterocycles. The summed E-state index contributed by atoms with van der Waals surface area (Å²) in [6, 6.07) is 1.69. The molecule has 4 heterocycles. The first-order chi connectivity index (χ1) is 18.2. The molecular weight excluding hydrogens is 502 g/mol. The van der Waals surface area contributed by atoms with Gasteiger partial charge < -0.3 is 19.1 Å². The fourth-order valence-corrected chi connectivity index (χ4v) is 4.63. The Balaban J connectivity index is 1.74. The number of amides is 2. The van der Waals surface area contributed by atoms with Crippen molar-refractivity contribution in [3.05, 3.63) is 30.4 Å². The van der Waals surface area contributed by atoms with Gasteiger partial charge in [0.15, 0.2) is 5.65 Å². The summed E-state index contributed by atoms with van der Waals surface area (Å²) in [4.78, 5) is 32.6. The number of methoxy groups -OCH3 is 1. The van der Waals surface area contributed by atoms with Crippen LogP contribution in [0.1, 0.15) is 66.0 Å². The topological polar surface area (TPSA) is 125 Å². The lowest BCUT2D eigenvalue weighted by atomic mass is 9.90. The van der Waals surface area contributed by atoms with Crippen LogP contribution in [0.2, 0.25) is 0 Å². The van der Waals surface area contributed by atoms with Crippen molar-refractivity contribution < 1.29 is 23.8 Å². The minimum Gasteiger partial charge on any atom is -0.444 e. The van der Waals surface area contributed by atoms with Crippen molar-refractivity contribution in [2.24, 2.45) is 7.05 Å². The zero-order chi connectivity index (χ0) is 28.5. The first-order valence-corrected chi connectivity index (χ1v) is 13.1. The number of hydrogen-bond donors (Lipinski definition) is 1. The highest BCUT2D eigenvalue weighted by molar-refractivity contribution is 5.85. The van der Waals surface area contributed by atoms with E-state index < -0.39 is 17.3 Å². The van der Waals surface area contributed by atoms with Crippen molar-refractivity contribution in [2.75, 3.05) is 25.6 Å². The van der Waals surface area contributed by atoms with E-state index >= 15 is 0 Å². The molecular formula is C27H39N7O5. The highest BCUT2D eigenvalue weighted by atomic mass is 16.6. The summed E-state index contributed by atoms with van der Waals surface area (Å²) < 4.78 is 19.9. The maximum absolute atomic E-state index is 13.2. The van der Waals surface area contributed by atoms with Crippen LogP contribution in [-0.2, 0) is 21.3 Å². The number of hydrogen-bond acceptors (Lipinski definition) is 8. The molecule has 1 fully saturated rings. The molecule has 2 amide bonds. The van der Waals surface area contributed by atoms with Gasteiger partial charge in [-0.15, -0.1) is 0 Å². The van der Waals surface area contributed by atoms with Gasteiger partial charge >= 0.3 is 12.2 Å². The lowest BCUT2D eigenvalue weighted by molar-refractivity contribution is -0.00536. The molecule has 1 saturated heterocycles. The number of aryl methyl sites for hydroxylation is 1. The van der Waals surface area contributed by atoms with Crippen LogP contribution in [-0.4, -0.2) is 79.0 Å². The Morgan fingerprint density at radius 2 is 1.77 bits per heavy atom. The van der Waals surface area contributed by atoms with Gasteiger partial charge in [-0.2, -0.15) is 14.7 Å². The normalized spacial score (nSPS) is 18.3. The third-order valence-corrected chi connectivity index (χ3v) is 6.25. The number of nitrogens with one attached hydrogen (secondary N) is 1. The standard InChI is InChI=1S/C27H39N7O5/c1-26(2,3)38-24(35)31-22-11-21(30-23-20(13-29-34(22)23)18-12-28-32(7)14-18)17-9-10-19(16-37-8)33(15-17)25(36)39-27(4,5)6/h11-14,17,19H,9-10,15-16H2,1-8H3,(H,31,35)/t17-,19-/m0/s1. The summed E-state index contributed by atoms with van der Waals surface area (Å²) in [5.41, 5.74) is 1.61. The van der Waals surface area contributed by atoms with E-state index in [0.717, 1.165) is 23.2 Å². The highest BCUT2D eigenvalue weighted by Gasteiger charge is 2.36. The fraction of sp³-hybridized carbons (Fsp3) is 0.593. The van der Waals surface area contributed by atoms with Gasteiger partial charge in [-0.1, -0.05) is 0 Å². The molecule has 1 N–H and O–H groups in total. The van der Waals surface area contributed by atoms with E-state index in [9.17, 15) is 9.59 Å². The second kappa shape index (κ2) is 10.8. The van der Waals surface area contributed by atoms with Crippen molar-refractivity contribution in [2.45, 2.75) is 77.5 Å². The van der Waals surface area contributed by atoms with Gasteiger partial charge in [-0.3, -0.25) is 10.00 Å². The van der Waals surface area contributed by atoms with Crippen molar-refractivity contribution in [1.82, 2.24) is 29.3 Å². The van der Waals surface area contributed by atoms with Gasteiger partial charge in [-0.05, 0) is 54.4 Å². The van der Waals surface area contributed by atoms with Crippen molar-refractivity contribution in [1.29, 1.82) is 0 Å². The molecule has 2 atom stereocenters. The largest absolute Gasteiger partial charge is 0.444 e. The molecule has 0 aliphatic carbocycles. The Morgan fingerprint density at radius 1 is 1.05 bits per heavy atom. The van der Waals surface area contributed by atoms with Gasteiger partial charge in [0.25, 0.3) is 0 Å². The zero-order valence-corrected chi connectivity index (χ0v) is 24.0. The van der Waals surface area contributed by atoms with Crippen LogP contribution in [0.3, 0.4) is 0 Å². The molecule has 12 nitrogen and oxygen atoms in total. The Morgan fingerprint density at radius 3 is 2.38 bits per heavy atom. The van der Waals surface area contributed by atoms with Crippen LogP contribution in [0.25, 0.3) is 16.8 Å². The Hall–Kier alpha value is -3.67. The minimum absolute atomic E-state index is 0.105. The van der Waals surface area contributed by atoms with Crippen LogP contribution < -0.4 is 5.32 Å². The van der Waals surface area contributed by atoms with Crippen LogP contribution in [0, 0.1) is 0 Å². The molecule has 0 bridgehead atoms. The molecule has 0 unspecified atom stereocenters. The van der Waals surface area contributed by atoms with Crippen LogP contribution in [0.5, 0.6) is 0 Å². The minimum atomic E-state index is -0.669. The van der Waals surface area contributed by atoms with E-state index in [2.05, 4.69) is 15.5 Å². The molecule has 1 aliphatic rings. The number of fused-ring (bicyclic) bond motifs is 1. The fourth-order valence-electron chi connectivity index (χ4n) is 4.63. The lowest BCUT2D eigenvalue weighted by Gasteiger charge is -2.39. The number of nitrogens with zero attached hydrogens (tertiary/aromatic N) is 6. The first kappa shape index (κ1) is 28.3. The Kier molecular flexibility index (Phi) is 7.87. The molecule has 4 rings (SSSR count). The second-order valence-electron chi connectivity index (χ2n) is 11.9. The summed E-state index contributed by atoms with van der Waals surface area (Å²) in [6.45, 7) is 11.8. The Labute approximate surface area is 228 Å². The van der Waals surface area contributed by atoms with Crippen LogP contribution >= 0.6 is 0 Å². The van der Waals surface area contributed by atoms with Crippen molar-refractivity contribution >= 4 is 23.7 Å². The maximum Gasteiger partial charge on any atom is 0.413 e. The second-order valence-corrected chi connectivity index (χ2v) is 11.9. The molecule has 12 heteroatoms. The van der Waals surface area contributed by atoms with Crippen molar-refractivity contribution in [3.8, 4) is 11.1 Å². The molecule has 0 spiro atoms. The van der Waals surface area contributed by atoms with Crippen molar-refractivity contribution in [3.63, 3.8) is 0 Å². The maximum atomic E-state index is 13.2. The van der Waals surface area contributed by atoms with Crippen LogP contribution in [0.15, 0.2) is 24.7 Å². The summed E-state index contributed by atoms with van der Waals surface area (Å²) in [6.07, 6.45) is 5.83. The van der Waals surface area contributed by atoms with Gasteiger partial charge in [0.2, 0.25) is 0 Å². The highest BCUT2D eigenvalue weighted by Crippen LogP contribution is 2.34. The number of piperidine rings is 1. The third kappa shape index (κ3) is 6.86. The number of ether oxygens (including phenoxy) is 3. The number of anilines is 1. The van der Waals surface area contributed by atoms with Crippen LogP contribution in [0.4, 0.5) is 15.4 Å². The van der Waals surface area contributed by atoms with Gasteiger partial charge in [0, 0.05) is 50.0 Å². The summed E-state index contributed by atoms with van der Waals surface area (Å²) in [5.74, 6) is 0.314. The molecule has 1 aliphatic heterocycles. The third-order valence-electron chi connectivity index (χ3n) is 6.25. The molecule has 39 heavy (non-hydrogen) atoms. The summed E-state index contributed by atoms with van der Waals surface area (Å²) >= 11 is 0. The number of carbonyl (C=O) groups excluding carboxylic acids is 2. The monoisotopic (exact) mass is 541 g/mol. The summed E-state index contributed by atoms with van der Waals surface area (Å²) in [5, 5.41) is 11.6. The van der Waals surface area contributed by atoms with E-state index in [-0.39, 0.29) is 18.1 Å². The number of aromatic nitrogens is 5. The zero-order valence-electron chi connectivity index (χ0n) is 24.0. The number of carbonyl (C=O) groups is 2. The SMILES string of the molecule is COC[C@@H]1CC[C@H](c2cc(NC(=O)OC(C)(C)C)n3ncc(-c4cnn(C)c4)c3n2)CN1C(=O)OC(C)(C)C. The average Bonchev–Trinajstić information content (AvgIpc) is 3.43. The Bertz CT molecular complexity index is 1330. The predicted octanol–water partition coefficient (Wildman–Crippen LogP) is 4.61. The van der Waals surface area contributed by atoms with E-state index in [1.807, 2.05) is 34.0 Å². The number of rotatable bonds is 5. The van der Waals surface area contributed by atoms with E-state index in [1.54, 1.807) is 60.4 Å². The first-order valence-electron chi connectivity index (χ1n) is 13.1. The predicted molar refractivity (Wildman–Crippen MR) is 146 cm³/mol. The molecule has 0 saturated carbocycles. The lowest BCUT2D eigenvalue weighted by Crippen LogP contribution is -2.50. The molecule has 0 aromatic carbocycles. The average molecular weight is 542 g/mol. The molecule has 3 aromatic rings. The smallest absolute Gasteiger partial charge is 0.413 e. The van der Waals surface area contributed by atoms with E-state index in [4.69, 9.17) is 19.2 Å². The quantitative estimate of drug-likeness (QED) is 0.497. The number of likely N-dealkylation sites (tertiary alicyclic amines) is 1. The summed E-state index contributed by atoms with van der Waals surface area (Å²) in [7, 11) is 3.47. The van der Waals surface area contributed by atoms with Gasteiger partial charge in [0.1, 0.15) is 17.0 Å².